The van der Waals surface area contributed by atoms with E-state index in [0.717, 1.165) is 18.4 Å². The first kappa shape index (κ1) is 24.6. The van der Waals surface area contributed by atoms with Crippen LogP contribution in [-0.2, 0) is 22.6 Å². The van der Waals surface area contributed by atoms with Crippen LogP contribution >= 0.6 is 11.5 Å². The van der Waals surface area contributed by atoms with Crippen LogP contribution in [0.1, 0.15) is 24.2 Å². The Balaban J connectivity index is 1.38. The van der Waals surface area contributed by atoms with Crippen LogP contribution in [0.3, 0.4) is 0 Å². The Morgan fingerprint density at radius 2 is 1.71 bits per heavy atom. The summed E-state index contributed by atoms with van der Waals surface area (Å²) >= 11 is 0.671. The number of urea groups is 1. The SMILES string of the molecule is CS(=O)(=O)c1cc(F)c(CN2CCN(C3CCN(c4nc(C(F)(F)F)ns4)CC3)C2=O)c(F)c1. The van der Waals surface area contributed by atoms with E-state index in [-0.39, 0.29) is 24.3 Å². The molecule has 1 aromatic heterocycles. The Labute approximate surface area is 196 Å². The van der Waals surface area contributed by atoms with Crippen molar-refractivity contribution >= 4 is 32.5 Å². The lowest BCUT2D eigenvalue weighted by Gasteiger charge is -2.36. The van der Waals surface area contributed by atoms with E-state index in [1.807, 2.05) is 0 Å². The van der Waals surface area contributed by atoms with E-state index in [2.05, 4.69) is 9.36 Å². The fourth-order valence-corrected chi connectivity index (χ4v) is 5.42. The van der Waals surface area contributed by atoms with Gasteiger partial charge in [0.25, 0.3) is 0 Å². The minimum atomic E-state index is -4.61. The largest absolute Gasteiger partial charge is 0.452 e. The highest BCUT2D eigenvalue weighted by Crippen LogP contribution is 2.32. The van der Waals surface area contributed by atoms with Gasteiger partial charge >= 0.3 is 12.2 Å². The van der Waals surface area contributed by atoms with Crippen LogP contribution in [0.25, 0.3) is 0 Å². The number of piperidine rings is 1. The molecule has 34 heavy (non-hydrogen) atoms. The Hall–Kier alpha value is -2.55. The predicted octanol–water partition coefficient (Wildman–Crippen LogP) is 3.15. The lowest BCUT2D eigenvalue weighted by atomic mass is 10.0. The van der Waals surface area contributed by atoms with Crippen LogP contribution < -0.4 is 4.90 Å². The van der Waals surface area contributed by atoms with Gasteiger partial charge in [0.2, 0.25) is 11.0 Å². The number of carbonyl (C=O) groups excluding carboxylic acids is 1. The lowest BCUT2D eigenvalue weighted by Crippen LogP contribution is -2.46. The van der Waals surface area contributed by atoms with Gasteiger partial charge in [-0.05, 0) is 25.0 Å². The van der Waals surface area contributed by atoms with E-state index in [4.69, 9.17) is 0 Å². The number of hydrogen-bond donors (Lipinski definition) is 0. The fourth-order valence-electron chi connectivity index (χ4n) is 4.05. The number of rotatable bonds is 5. The molecule has 8 nitrogen and oxygen atoms in total. The maximum Gasteiger partial charge on any atom is 0.452 e. The fraction of sp³-hybridized carbons (Fsp3) is 0.526. The highest BCUT2D eigenvalue weighted by molar-refractivity contribution is 7.90. The van der Waals surface area contributed by atoms with Gasteiger partial charge in [0, 0.05) is 55.6 Å². The van der Waals surface area contributed by atoms with Gasteiger partial charge in [-0.1, -0.05) is 0 Å². The zero-order valence-corrected chi connectivity index (χ0v) is 19.5. The number of aromatic nitrogens is 2. The summed E-state index contributed by atoms with van der Waals surface area (Å²) in [6.07, 6.45) is -2.78. The van der Waals surface area contributed by atoms with Crippen molar-refractivity contribution in [3.8, 4) is 0 Å². The summed E-state index contributed by atoms with van der Waals surface area (Å²) in [4.78, 5) is 20.5. The van der Waals surface area contributed by atoms with Gasteiger partial charge in [0.1, 0.15) is 11.6 Å². The third-order valence-electron chi connectivity index (χ3n) is 5.86. The molecule has 15 heteroatoms. The smallest absolute Gasteiger partial charge is 0.347 e. The highest BCUT2D eigenvalue weighted by Gasteiger charge is 2.39. The molecular weight excluding hydrogens is 505 g/mol. The number of sulfone groups is 1. The number of halogens is 5. The highest BCUT2D eigenvalue weighted by atomic mass is 32.2. The molecule has 2 aliphatic rings. The van der Waals surface area contributed by atoms with E-state index >= 15 is 0 Å². The number of benzene rings is 1. The van der Waals surface area contributed by atoms with E-state index in [1.54, 1.807) is 9.80 Å². The number of hydrogen-bond acceptors (Lipinski definition) is 7. The van der Waals surface area contributed by atoms with E-state index in [0.29, 0.717) is 44.0 Å². The van der Waals surface area contributed by atoms with Gasteiger partial charge in [-0.2, -0.15) is 22.5 Å². The van der Waals surface area contributed by atoms with Crippen molar-refractivity contribution in [2.24, 2.45) is 0 Å². The minimum Gasteiger partial charge on any atom is -0.347 e. The maximum atomic E-state index is 14.4. The second-order valence-electron chi connectivity index (χ2n) is 8.15. The second kappa shape index (κ2) is 8.91. The van der Waals surface area contributed by atoms with E-state index in [9.17, 15) is 35.2 Å². The Morgan fingerprint density at radius 3 is 2.24 bits per heavy atom. The average Bonchev–Trinajstić information content (AvgIpc) is 3.37. The van der Waals surface area contributed by atoms with Crippen molar-refractivity contribution in [3.05, 3.63) is 35.2 Å². The van der Waals surface area contributed by atoms with Crippen LogP contribution in [0.2, 0.25) is 0 Å². The van der Waals surface area contributed by atoms with Crippen LogP contribution in [0.4, 0.5) is 31.9 Å². The summed E-state index contributed by atoms with van der Waals surface area (Å²) in [5.74, 6) is -3.27. The van der Waals surface area contributed by atoms with Gasteiger partial charge in [0.05, 0.1) is 11.4 Å². The molecule has 0 N–H and O–H groups in total. The molecule has 2 amide bonds. The van der Waals surface area contributed by atoms with Gasteiger partial charge in [-0.3, -0.25) is 0 Å². The molecule has 0 aliphatic carbocycles. The van der Waals surface area contributed by atoms with Crippen LogP contribution in [0.15, 0.2) is 17.0 Å². The molecule has 2 aromatic rings. The van der Waals surface area contributed by atoms with Crippen molar-refractivity contribution in [1.82, 2.24) is 19.2 Å². The standard InChI is InChI=1S/C19H20F5N5O3S2/c1-34(31,32)12-8-14(20)13(15(21)9-12)10-28-6-7-29(18(28)30)11-2-4-27(5-3-11)17-25-16(26-33-17)19(22,23)24/h8-9,11H,2-7,10H2,1H3. The number of alkyl halides is 3. The van der Waals surface area contributed by atoms with E-state index < -0.39 is 50.0 Å². The van der Waals surface area contributed by atoms with Crippen molar-refractivity contribution in [2.45, 2.75) is 36.5 Å². The Morgan fingerprint density at radius 1 is 1.09 bits per heavy atom. The van der Waals surface area contributed by atoms with Gasteiger partial charge in [-0.15, -0.1) is 0 Å². The molecule has 186 valence electrons. The number of nitrogens with zero attached hydrogens (tertiary/aromatic N) is 5. The van der Waals surface area contributed by atoms with Crippen LogP contribution in [-0.4, -0.2) is 72.1 Å². The Kier molecular flexibility index (Phi) is 6.44. The molecule has 2 saturated heterocycles. The van der Waals surface area contributed by atoms with Crippen molar-refractivity contribution in [3.63, 3.8) is 0 Å². The van der Waals surface area contributed by atoms with Crippen LogP contribution in [0, 0.1) is 11.6 Å². The first-order valence-corrected chi connectivity index (χ1v) is 12.9. The molecule has 0 atom stereocenters. The molecule has 2 fully saturated rings. The molecule has 0 radical (unpaired) electrons. The summed E-state index contributed by atoms with van der Waals surface area (Å²) < 4.78 is 93.5. The second-order valence-corrected chi connectivity index (χ2v) is 10.9. The molecule has 0 saturated carbocycles. The maximum absolute atomic E-state index is 14.4. The molecule has 3 heterocycles. The first-order valence-electron chi connectivity index (χ1n) is 10.2. The number of carbonyl (C=O) groups is 1. The summed E-state index contributed by atoms with van der Waals surface area (Å²) in [7, 11) is -3.79. The zero-order valence-electron chi connectivity index (χ0n) is 17.8. The monoisotopic (exact) mass is 525 g/mol. The summed E-state index contributed by atoms with van der Waals surface area (Å²) in [6, 6.07) is 0.893. The molecule has 0 bridgehead atoms. The molecule has 0 spiro atoms. The summed E-state index contributed by atoms with van der Waals surface area (Å²) in [5, 5.41) is 0.170. The van der Waals surface area contributed by atoms with Crippen molar-refractivity contribution in [2.75, 3.05) is 37.3 Å². The van der Waals surface area contributed by atoms with Crippen molar-refractivity contribution < 1.29 is 35.2 Å². The Bertz CT molecular complexity index is 1170. The third kappa shape index (κ3) is 4.94. The van der Waals surface area contributed by atoms with Gasteiger partial charge < -0.3 is 14.7 Å². The molecule has 1 aromatic carbocycles. The van der Waals surface area contributed by atoms with Crippen LogP contribution in [0.5, 0.6) is 0 Å². The zero-order chi connectivity index (χ0) is 24.8. The van der Waals surface area contributed by atoms with E-state index in [1.165, 1.54) is 4.90 Å². The quantitative estimate of drug-likeness (QED) is 0.558. The molecule has 0 unspecified atom stereocenters. The number of anilines is 1. The topological polar surface area (TPSA) is 86.7 Å². The first-order chi connectivity index (χ1) is 15.8. The molecular formula is C19H20F5N5O3S2. The van der Waals surface area contributed by atoms with Crippen molar-refractivity contribution in [1.29, 1.82) is 0 Å². The van der Waals surface area contributed by atoms with Gasteiger partial charge in [0.15, 0.2) is 9.84 Å². The molecule has 4 rings (SSSR count). The lowest BCUT2D eigenvalue weighted by molar-refractivity contribution is -0.144. The summed E-state index contributed by atoms with van der Waals surface area (Å²) in [5.41, 5.74) is -0.394. The normalized spacial score (nSPS) is 18.3. The predicted molar refractivity (Wildman–Crippen MR) is 112 cm³/mol. The van der Waals surface area contributed by atoms with Gasteiger partial charge in [-0.25, -0.2) is 22.0 Å². The number of amides is 2. The molecule has 2 aliphatic heterocycles. The average molecular weight is 526 g/mol. The minimum absolute atomic E-state index is 0.170. The third-order valence-corrected chi connectivity index (χ3v) is 7.73. The summed E-state index contributed by atoms with van der Waals surface area (Å²) in [6.45, 7) is 0.997.